The highest BCUT2D eigenvalue weighted by atomic mass is 35.5. The number of hydrogen-bond donors (Lipinski definition) is 1. The van der Waals surface area contributed by atoms with Gasteiger partial charge in [0.2, 0.25) is 11.2 Å². The highest BCUT2D eigenvalue weighted by Gasteiger charge is 2.16. The lowest BCUT2D eigenvalue weighted by molar-refractivity contribution is 0.0636. The second-order valence-corrected chi connectivity index (χ2v) is 6.28. The van der Waals surface area contributed by atoms with Crippen molar-refractivity contribution < 1.29 is 14.3 Å². The normalized spacial score (nSPS) is 11.0. The number of benzene rings is 1. The quantitative estimate of drug-likeness (QED) is 0.624. The van der Waals surface area contributed by atoms with Crippen molar-refractivity contribution in [2.24, 2.45) is 0 Å². The van der Waals surface area contributed by atoms with Crippen molar-refractivity contribution in [2.45, 2.75) is 26.4 Å². The van der Waals surface area contributed by atoms with Crippen LogP contribution in [0.1, 0.15) is 20.8 Å². The molecule has 2 aromatic rings. The number of ether oxygens (including phenoxy) is 2. The molecule has 8 heteroatoms. The van der Waals surface area contributed by atoms with Crippen LogP contribution in [-0.2, 0) is 4.74 Å². The van der Waals surface area contributed by atoms with Crippen LogP contribution < -0.4 is 10.1 Å². The molecular formula is C15H15Cl2N3O3. The molecular weight excluding hydrogens is 341 g/mol. The fraction of sp³-hybridized carbons (Fsp3) is 0.267. The van der Waals surface area contributed by atoms with E-state index >= 15 is 0 Å². The topological polar surface area (TPSA) is 73.3 Å². The molecule has 1 aromatic carbocycles. The Morgan fingerprint density at radius 1 is 1.13 bits per heavy atom. The Kier molecular flexibility index (Phi) is 5.28. The SMILES string of the molecule is CC(C)(C)OC(=O)Nc1ccc(Oc2cc(Cl)nc(Cl)n2)cc1. The zero-order valence-electron chi connectivity index (χ0n) is 12.8. The van der Waals surface area contributed by atoms with Gasteiger partial charge in [0.05, 0.1) is 0 Å². The minimum absolute atomic E-state index is 0.00397. The molecule has 1 aromatic heterocycles. The van der Waals surface area contributed by atoms with Gasteiger partial charge in [-0.15, -0.1) is 0 Å². The van der Waals surface area contributed by atoms with Gasteiger partial charge in [-0.05, 0) is 56.6 Å². The number of aromatic nitrogens is 2. The van der Waals surface area contributed by atoms with E-state index in [-0.39, 0.29) is 16.3 Å². The molecule has 0 aliphatic heterocycles. The van der Waals surface area contributed by atoms with Crippen LogP contribution >= 0.6 is 23.2 Å². The average Bonchev–Trinajstić information content (AvgIpc) is 2.37. The Labute approximate surface area is 143 Å². The molecule has 6 nitrogen and oxygen atoms in total. The lowest BCUT2D eigenvalue weighted by atomic mass is 10.2. The monoisotopic (exact) mass is 355 g/mol. The fourth-order valence-electron chi connectivity index (χ4n) is 1.57. The van der Waals surface area contributed by atoms with E-state index in [2.05, 4.69) is 15.3 Å². The lowest BCUT2D eigenvalue weighted by Gasteiger charge is -2.19. The molecule has 2 rings (SSSR count). The van der Waals surface area contributed by atoms with Gasteiger partial charge in [-0.2, -0.15) is 4.98 Å². The number of anilines is 1. The van der Waals surface area contributed by atoms with Crippen LogP contribution in [0.15, 0.2) is 30.3 Å². The van der Waals surface area contributed by atoms with Crippen molar-refractivity contribution in [2.75, 3.05) is 5.32 Å². The summed E-state index contributed by atoms with van der Waals surface area (Å²) < 4.78 is 10.7. The van der Waals surface area contributed by atoms with Crippen molar-refractivity contribution in [1.82, 2.24) is 9.97 Å². The Morgan fingerprint density at radius 3 is 2.35 bits per heavy atom. The summed E-state index contributed by atoms with van der Waals surface area (Å²) in [5, 5.41) is 2.80. The molecule has 1 N–H and O–H groups in total. The van der Waals surface area contributed by atoms with Crippen LogP contribution in [0.4, 0.5) is 10.5 Å². The first-order valence-electron chi connectivity index (χ1n) is 6.69. The maximum absolute atomic E-state index is 11.7. The van der Waals surface area contributed by atoms with Gasteiger partial charge in [-0.1, -0.05) is 11.6 Å². The summed E-state index contributed by atoms with van der Waals surface area (Å²) in [5.74, 6) is 0.730. The van der Waals surface area contributed by atoms with Crippen LogP contribution in [0.2, 0.25) is 10.4 Å². The van der Waals surface area contributed by atoms with Crippen molar-refractivity contribution in [3.8, 4) is 11.6 Å². The Bertz CT molecular complexity index is 680. The molecule has 0 fully saturated rings. The van der Waals surface area contributed by atoms with E-state index in [9.17, 15) is 4.79 Å². The third-order valence-electron chi connectivity index (χ3n) is 2.37. The summed E-state index contributed by atoms with van der Waals surface area (Å²) >= 11 is 11.5. The van der Waals surface area contributed by atoms with Gasteiger partial charge in [-0.25, -0.2) is 9.78 Å². The van der Waals surface area contributed by atoms with E-state index in [1.165, 1.54) is 6.07 Å². The number of nitrogens with zero attached hydrogens (tertiary/aromatic N) is 2. The van der Waals surface area contributed by atoms with E-state index in [1.54, 1.807) is 45.0 Å². The Morgan fingerprint density at radius 2 is 1.78 bits per heavy atom. The Balaban J connectivity index is 2.00. The van der Waals surface area contributed by atoms with Gasteiger partial charge in [0.15, 0.2) is 0 Å². The standard InChI is InChI=1S/C15H15Cl2N3O3/c1-15(2,3)23-14(21)18-9-4-6-10(7-5-9)22-12-8-11(16)19-13(17)20-12/h4-8H,1-3H3,(H,18,21). The lowest BCUT2D eigenvalue weighted by Crippen LogP contribution is -2.27. The van der Waals surface area contributed by atoms with E-state index in [4.69, 9.17) is 32.7 Å². The minimum atomic E-state index is -0.557. The predicted octanol–water partition coefficient (Wildman–Crippen LogP) is 4.92. The first kappa shape index (κ1) is 17.3. The smallest absolute Gasteiger partial charge is 0.412 e. The van der Waals surface area contributed by atoms with Gasteiger partial charge in [-0.3, -0.25) is 5.32 Å². The summed E-state index contributed by atoms with van der Waals surface area (Å²) in [6.07, 6.45) is -0.527. The van der Waals surface area contributed by atoms with E-state index in [0.717, 1.165) is 0 Å². The maximum atomic E-state index is 11.7. The second kappa shape index (κ2) is 7.02. The van der Waals surface area contributed by atoms with Crippen LogP contribution in [-0.4, -0.2) is 21.7 Å². The van der Waals surface area contributed by atoms with Crippen molar-refractivity contribution >= 4 is 35.0 Å². The number of halogens is 2. The molecule has 0 saturated heterocycles. The number of amides is 1. The first-order chi connectivity index (χ1) is 10.7. The van der Waals surface area contributed by atoms with Gasteiger partial charge >= 0.3 is 6.09 Å². The highest BCUT2D eigenvalue weighted by molar-refractivity contribution is 6.31. The zero-order chi connectivity index (χ0) is 17.0. The minimum Gasteiger partial charge on any atom is -0.444 e. The van der Waals surface area contributed by atoms with Gasteiger partial charge < -0.3 is 9.47 Å². The zero-order valence-corrected chi connectivity index (χ0v) is 14.3. The van der Waals surface area contributed by atoms with Crippen LogP contribution in [0, 0.1) is 0 Å². The fourth-order valence-corrected chi connectivity index (χ4v) is 1.96. The maximum Gasteiger partial charge on any atom is 0.412 e. The average molecular weight is 356 g/mol. The molecule has 0 atom stereocenters. The summed E-state index contributed by atoms with van der Waals surface area (Å²) in [4.78, 5) is 19.3. The van der Waals surface area contributed by atoms with Crippen LogP contribution in [0.25, 0.3) is 0 Å². The second-order valence-electron chi connectivity index (χ2n) is 5.55. The Hall–Kier alpha value is -2.05. The predicted molar refractivity (Wildman–Crippen MR) is 88.4 cm³/mol. The van der Waals surface area contributed by atoms with Gasteiger partial charge in [0, 0.05) is 11.8 Å². The summed E-state index contributed by atoms with van der Waals surface area (Å²) in [5.41, 5.74) is 0.0175. The molecule has 0 bridgehead atoms. The largest absolute Gasteiger partial charge is 0.444 e. The van der Waals surface area contributed by atoms with Crippen molar-refractivity contribution in [3.05, 3.63) is 40.8 Å². The molecule has 1 amide bonds. The molecule has 0 aliphatic carbocycles. The molecule has 0 spiro atoms. The highest BCUT2D eigenvalue weighted by Crippen LogP contribution is 2.24. The van der Waals surface area contributed by atoms with Gasteiger partial charge in [0.25, 0.3) is 0 Å². The van der Waals surface area contributed by atoms with E-state index in [1.807, 2.05) is 0 Å². The van der Waals surface area contributed by atoms with Crippen molar-refractivity contribution in [3.63, 3.8) is 0 Å². The summed E-state index contributed by atoms with van der Waals surface area (Å²) in [7, 11) is 0. The van der Waals surface area contributed by atoms with Crippen LogP contribution in [0.5, 0.6) is 11.6 Å². The number of nitrogens with one attached hydrogen (secondary N) is 1. The summed E-state index contributed by atoms with van der Waals surface area (Å²) in [6.45, 7) is 5.38. The number of rotatable bonds is 3. The number of carbonyl (C=O) groups excluding carboxylic acids is 1. The summed E-state index contributed by atoms with van der Waals surface area (Å²) in [6, 6.07) is 8.11. The molecule has 1 heterocycles. The molecule has 0 saturated carbocycles. The van der Waals surface area contributed by atoms with E-state index in [0.29, 0.717) is 11.4 Å². The third-order valence-corrected chi connectivity index (χ3v) is 2.73. The molecule has 0 unspecified atom stereocenters. The molecule has 0 aliphatic rings. The first-order valence-corrected chi connectivity index (χ1v) is 7.45. The van der Waals surface area contributed by atoms with Crippen LogP contribution in [0.3, 0.4) is 0 Å². The third kappa shape index (κ3) is 5.92. The van der Waals surface area contributed by atoms with E-state index < -0.39 is 11.7 Å². The molecule has 122 valence electrons. The molecule has 23 heavy (non-hydrogen) atoms. The van der Waals surface area contributed by atoms with Gasteiger partial charge in [0.1, 0.15) is 16.5 Å². The van der Waals surface area contributed by atoms with Crippen molar-refractivity contribution in [1.29, 1.82) is 0 Å². The molecule has 0 radical (unpaired) electrons. The number of hydrogen-bond acceptors (Lipinski definition) is 5. The number of carbonyl (C=O) groups is 1.